The van der Waals surface area contributed by atoms with Crippen LogP contribution < -0.4 is 25.0 Å². The zero-order valence-corrected chi connectivity index (χ0v) is 15.9. The standard InChI is InChI=1S/C19H23N3O3S/c1-4-10-25-18-16(23-2)11-14(12-17(18)24-3)13-20-22-19(26)21-15-8-6-5-7-9-15/h5-9,11-13H,4,10H2,1-3H3,(H2,21,22,26)/b20-13+. The molecule has 7 heteroatoms. The second-order valence-electron chi connectivity index (χ2n) is 5.29. The highest BCUT2D eigenvalue weighted by Gasteiger charge is 2.13. The van der Waals surface area contributed by atoms with Gasteiger partial charge in [-0.2, -0.15) is 5.10 Å². The van der Waals surface area contributed by atoms with Gasteiger partial charge in [-0.05, 0) is 42.9 Å². The van der Waals surface area contributed by atoms with Crippen LogP contribution in [0.25, 0.3) is 0 Å². The Morgan fingerprint density at radius 3 is 2.35 bits per heavy atom. The quantitative estimate of drug-likeness (QED) is 0.417. The van der Waals surface area contributed by atoms with E-state index in [1.165, 1.54) is 0 Å². The summed E-state index contributed by atoms with van der Waals surface area (Å²) in [5.41, 5.74) is 4.46. The summed E-state index contributed by atoms with van der Waals surface area (Å²) in [5, 5.41) is 7.59. The predicted octanol–water partition coefficient (Wildman–Crippen LogP) is 3.81. The minimum atomic E-state index is 0.397. The van der Waals surface area contributed by atoms with Crippen molar-refractivity contribution in [3.8, 4) is 17.2 Å². The van der Waals surface area contributed by atoms with Gasteiger partial charge >= 0.3 is 0 Å². The summed E-state index contributed by atoms with van der Waals surface area (Å²) in [6.07, 6.45) is 2.53. The Morgan fingerprint density at radius 1 is 1.12 bits per heavy atom. The molecular formula is C19H23N3O3S. The number of nitrogens with zero attached hydrogens (tertiary/aromatic N) is 1. The molecule has 0 heterocycles. The van der Waals surface area contributed by atoms with Crippen LogP contribution in [0.4, 0.5) is 5.69 Å². The van der Waals surface area contributed by atoms with Crippen molar-refractivity contribution in [1.82, 2.24) is 5.43 Å². The van der Waals surface area contributed by atoms with Crippen LogP contribution in [0.5, 0.6) is 17.2 Å². The average molecular weight is 373 g/mol. The second kappa shape index (κ2) is 10.2. The minimum Gasteiger partial charge on any atom is -0.493 e. The molecule has 0 aliphatic heterocycles. The molecule has 0 bridgehead atoms. The lowest BCUT2D eigenvalue weighted by atomic mass is 10.2. The van der Waals surface area contributed by atoms with Gasteiger partial charge in [-0.25, -0.2) is 0 Å². The number of nitrogens with one attached hydrogen (secondary N) is 2. The van der Waals surface area contributed by atoms with Crippen LogP contribution in [0, 0.1) is 0 Å². The van der Waals surface area contributed by atoms with Crippen LogP contribution in [0.15, 0.2) is 47.6 Å². The highest BCUT2D eigenvalue weighted by Crippen LogP contribution is 2.38. The fourth-order valence-electron chi connectivity index (χ4n) is 2.17. The fourth-order valence-corrected chi connectivity index (χ4v) is 2.34. The molecule has 6 nitrogen and oxygen atoms in total. The van der Waals surface area contributed by atoms with Gasteiger partial charge in [0.25, 0.3) is 0 Å². The predicted molar refractivity (Wildman–Crippen MR) is 109 cm³/mol. The Bertz CT molecular complexity index is 726. The molecule has 0 aromatic heterocycles. The van der Waals surface area contributed by atoms with E-state index in [-0.39, 0.29) is 0 Å². The maximum Gasteiger partial charge on any atom is 0.203 e. The molecule has 0 saturated carbocycles. The summed E-state index contributed by atoms with van der Waals surface area (Å²) in [5.74, 6) is 1.76. The lowest BCUT2D eigenvalue weighted by molar-refractivity contribution is 0.275. The molecule has 0 aliphatic rings. The van der Waals surface area contributed by atoms with E-state index in [1.54, 1.807) is 20.4 Å². The molecule has 0 radical (unpaired) electrons. The van der Waals surface area contributed by atoms with Crippen LogP contribution >= 0.6 is 12.2 Å². The Labute approximate surface area is 159 Å². The molecule has 0 amide bonds. The molecule has 0 fully saturated rings. The van der Waals surface area contributed by atoms with Crippen LogP contribution in [0.2, 0.25) is 0 Å². The summed E-state index contributed by atoms with van der Waals surface area (Å²) in [7, 11) is 3.18. The Morgan fingerprint density at radius 2 is 1.77 bits per heavy atom. The van der Waals surface area contributed by atoms with Gasteiger partial charge in [0.05, 0.1) is 27.0 Å². The monoisotopic (exact) mass is 373 g/mol. The van der Waals surface area contributed by atoms with Crippen molar-refractivity contribution in [3.05, 3.63) is 48.0 Å². The van der Waals surface area contributed by atoms with Gasteiger partial charge in [0, 0.05) is 11.3 Å². The smallest absolute Gasteiger partial charge is 0.203 e. The number of para-hydroxylation sites is 1. The Hall–Kier alpha value is -2.80. The summed E-state index contributed by atoms with van der Waals surface area (Å²) < 4.78 is 16.5. The van der Waals surface area contributed by atoms with Crippen molar-refractivity contribution in [2.45, 2.75) is 13.3 Å². The van der Waals surface area contributed by atoms with Crippen LogP contribution in [0.3, 0.4) is 0 Å². The molecule has 2 N–H and O–H groups in total. The third-order valence-corrected chi connectivity index (χ3v) is 3.54. The molecule has 2 aromatic rings. The third-order valence-electron chi connectivity index (χ3n) is 3.34. The first-order chi connectivity index (χ1) is 12.7. The van der Waals surface area contributed by atoms with E-state index >= 15 is 0 Å². The minimum absolute atomic E-state index is 0.397. The molecule has 0 aliphatic carbocycles. The van der Waals surface area contributed by atoms with Crippen LogP contribution in [0.1, 0.15) is 18.9 Å². The van der Waals surface area contributed by atoms with Crippen molar-refractivity contribution in [3.63, 3.8) is 0 Å². The number of hydrogen-bond acceptors (Lipinski definition) is 5. The lowest BCUT2D eigenvalue weighted by Gasteiger charge is -2.14. The topological polar surface area (TPSA) is 64.1 Å². The van der Waals surface area contributed by atoms with E-state index in [4.69, 9.17) is 26.4 Å². The van der Waals surface area contributed by atoms with Crippen molar-refractivity contribution < 1.29 is 14.2 Å². The fraction of sp³-hybridized carbons (Fsp3) is 0.263. The first-order valence-electron chi connectivity index (χ1n) is 8.21. The van der Waals surface area contributed by atoms with Crippen molar-refractivity contribution in [2.75, 3.05) is 26.1 Å². The molecule has 26 heavy (non-hydrogen) atoms. The van der Waals surface area contributed by atoms with Gasteiger partial charge in [0.1, 0.15) is 0 Å². The first-order valence-corrected chi connectivity index (χ1v) is 8.62. The molecule has 2 aromatic carbocycles. The van der Waals surface area contributed by atoms with Crippen molar-refractivity contribution >= 4 is 29.2 Å². The van der Waals surface area contributed by atoms with Crippen LogP contribution in [-0.4, -0.2) is 32.2 Å². The van der Waals surface area contributed by atoms with Crippen LogP contribution in [-0.2, 0) is 0 Å². The van der Waals surface area contributed by atoms with Gasteiger partial charge < -0.3 is 19.5 Å². The zero-order valence-electron chi connectivity index (χ0n) is 15.1. The summed E-state index contributed by atoms with van der Waals surface area (Å²) >= 11 is 5.21. The van der Waals surface area contributed by atoms with Crippen molar-refractivity contribution in [2.24, 2.45) is 5.10 Å². The van der Waals surface area contributed by atoms with E-state index < -0.39 is 0 Å². The number of rotatable bonds is 8. The van der Waals surface area contributed by atoms with E-state index in [0.29, 0.717) is 29.0 Å². The molecule has 0 atom stereocenters. The Balaban J connectivity index is 2.05. The zero-order chi connectivity index (χ0) is 18.8. The van der Waals surface area contributed by atoms with Crippen molar-refractivity contribution in [1.29, 1.82) is 0 Å². The highest BCUT2D eigenvalue weighted by atomic mass is 32.1. The maximum atomic E-state index is 5.72. The SMILES string of the molecule is CCCOc1c(OC)cc(/C=N/NC(=S)Nc2ccccc2)cc1OC. The number of ether oxygens (including phenoxy) is 3. The average Bonchev–Trinajstić information content (AvgIpc) is 2.66. The Kier molecular flexibility index (Phi) is 7.70. The molecule has 0 spiro atoms. The largest absolute Gasteiger partial charge is 0.493 e. The number of hydrazone groups is 1. The third kappa shape index (κ3) is 5.63. The summed E-state index contributed by atoms with van der Waals surface area (Å²) in [6, 6.07) is 13.3. The normalized spacial score (nSPS) is 10.4. The first kappa shape index (κ1) is 19.5. The summed E-state index contributed by atoms with van der Waals surface area (Å²) in [4.78, 5) is 0. The highest BCUT2D eigenvalue weighted by molar-refractivity contribution is 7.80. The van der Waals surface area contributed by atoms with E-state index in [9.17, 15) is 0 Å². The van der Waals surface area contributed by atoms with E-state index in [1.807, 2.05) is 49.4 Å². The second-order valence-corrected chi connectivity index (χ2v) is 5.70. The molecule has 2 rings (SSSR count). The van der Waals surface area contributed by atoms with Gasteiger partial charge in [-0.3, -0.25) is 5.43 Å². The van der Waals surface area contributed by atoms with E-state index in [2.05, 4.69) is 15.8 Å². The molecule has 138 valence electrons. The van der Waals surface area contributed by atoms with Gasteiger partial charge in [-0.1, -0.05) is 25.1 Å². The lowest BCUT2D eigenvalue weighted by Crippen LogP contribution is -2.23. The number of hydrogen-bond donors (Lipinski definition) is 2. The van der Waals surface area contributed by atoms with Gasteiger partial charge in [-0.15, -0.1) is 0 Å². The molecule has 0 unspecified atom stereocenters. The summed E-state index contributed by atoms with van der Waals surface area (Å²) in [6.45, 7) is 2.62. The number of benzene rings is 2. The number of thiocarbonyl (C=S) groups is 1. The van der Waals surface area contributed by atoms with Gasteiger partial charge in [0.15, 0.2) is 16.6 Å². The van der Waals surface area contributed by atoms with Gasteiger partial charge in [0.2, 0.25) is 5.75 Å². The maximum absolute atomic E-state index is 5.72. The molecule has 0 saturated heterocycles. The van der Waals surface area contributed by atoms with E-state index in [0.717, 1.165) is 17.7 Å². The number of methoxy groups -OCH3 is 2. The number of anilines is 1. The molecular weight excluding hydrogens is 350 g/mol.